The SMILES string of the molecule is CC/C=C\C/C=C\C/C=C\C/C=C\C/C=C\C/C=C\CCC(=O)OC[C@H](COC(=O)CCCCCCCCCCCCCCCCC)OC(=O)CCC/C=C\C/C=C\C/C=C\C/C=C\C/C=C\CC. The lowest BCUT2D eigenvalue weighted by Crippen LogP contribution is -2.30. The monoisotopic (exact) mass is 953 g/mol. The van der Waals surface area contributed by atoms with Gasteiger partial charge in [-0.2, -0.15) is 0 Å². The standard InChI is InChI=1S/C63H100O6/c1-4-7-10-13-16-19-22-25-28-30-31-33-35-38-41-44-47-50-53-56-62(65)68-59-60(58-67-61(64)55-52-49-46-43-40-37-34-27-24-21-18-15-12-9-6-3)69-63(66)57-54-51-48-45-42-39-36-32-29-26-23-20-17-14-11-8-5-2/h7-8,10-11,16-17,19-20,25-26,28-29,31,33,36,38-39,41,45,47-48,50,60H,4-6,9,12-15,18,21-24,27,30,32,34-35,37,40,42-44,46,49,51-59H2,1-3H3/b10-7-,11-8-,19-16-,20-17-,28-25-,29-26-,33-31-,39-36-,41-38-,48-45-,50-47-/t60-/m0/s1. The highest BCUT2D eigenvalue weighted by molar-refractivity contribution is 5.71. The van der Waals surface area contributed by atoms with Crippen molar-refractivity contribution in [2.24, 2.45) is 0 Å². The number of rotatable bonds is 48. The summed E-state index contributed by atoms with van der Waals surface area (Å²) in [6.45, 7) is 6.29. The second-order valence-electron chi connectivity index (χ2n) is 17.7. The first-order valence-corrected chi connectivity index (χ1v) is 27.7. The first-order chi connectivity index (χ1) is 34.0. The Kier molecular flexibility index (Phi) is 52.5. The van der Waals surface area contributed by atoms with Gasteiger partial charge < -0.3 is 14.2 Å². The van der Waals surface area contributed by atoms with Crippen molar-refractivity contribution in [3.63, 3.8) is 0 Å². The molecule has 0 heterocycles. The van der Waals surface area contributed by atoms with Crippen LogP contribution in [0.4, 0.5) is 0 Å². The van der Waals surface area contributed by atoms with Crippen molar-refractivity contribution in [3.05, 3.63) is 134 Å². The van der Waals surface area contributed by atoms with Crippen LogP contribution in [0.3, 0.4) is 0 Å². The van der Waals surface area contributed by atoms with E-state index in [4.69, 9.17) is 14.2 Å². The number of esters is 3. The van der Waals surface area contributed by atoms with Gasteiger partial charge in [0.05, 0.1) is 0 Å². The first kappa shape index (κ1) is 64.5. The third kappa shape index (κ3) is 54.4. The Morgan fingerprint density at radius 1 is 0.304 bits per heavy atom. The summed E-state index contributed by atoms with van der Waals surface area (Å²) in [4.78, 5) is 38.1. The lowest BCUT2D eigenvalue weighted by Gasteiger charge is -2.18. The maximum Gasteiger partial charge on any atom is 0.306 e. The number of unbranched alkanes of at least 4 members (excludes halogenated alkanes) is 15. The van der Waals surface area contributed by atoms with Crippen molar-refractivity contribution < 1.29 is 28.6 Å². The van der Waals surface area contributed by atoms with Crippen LogP contribution in [0.25, 0.3) is 0 Å². The van der Waals surface area contributed by atoms with E-state index in [0.717, 1.165) is 96.3 Å². The lowest BCUT2D eigenvalue weighted by molar-refractivity contribution is -0.166. The number of hydrogen-bond acceptors (Lipinski definition) is 6. The smallest absolute Gasteiger partial charge is 0.306 e. The molecule has 0 aliphatic heterocycles. The molecule has 0 aliphatic rings. The summed E-state index contributed by atoms with van der Waals surface area (Å²) in [6, 6.07) is 0. The van der Waals surface area contributed by atoms with Gasteiger partial charge in [-0.3, -0.25) is 14.4 Å². The highest BCUT2D eigenvalue weighted by atomic mass is 16.6. The molecule has 388 valence electrons. The summed E-state index contributed by atoms with van der Waals surface area (Å²) in [6.07, 6.45) is 78.8. The Morgan fingerprint density at radius 3 is 0.957 bits per heavy atom. The van der Waals surface area contributed by atoms with Crippen molar-refractivity contribution in [1.29, 1.82) is 0 Å². The molecular weight excluding hydrogens is 853 g/mol. The van der Waals surface area contributed by atoms with Gasteiger partial charge in [-0.15, -0.1) is 0 Å². The van der Waals surface area contributed by atoms with Gasteiger partial charge in [0.2, 0.25) is 0 Å². The highest BCUT2D eigenvalue weighted by Crippen LogP contribution is 2.14. The zero-order valence-corrected chi connectivity index (χ0v) is 44.3. The van der Waals surface area contributed by atoms with Crippen LogP contribution < -0.4 is 0 Å². The minimum absolute atomic E-state index is 0.126. The summed E-state index contributed by atoms with van der Waals surface area (Å²) >= 11 is 0. The van der Waals surface area contributed by atoms with Crippen LogP contribution in [-0.4, -0.2) is 37.2 Å². The van der Waals surface area contributed by atoms with Crippen LogP contribution in [0.15, 0.2) is 134 Å². The van der Waals surface area contributed by atoms with Crippen molar-refractivity contribution in [2.45, 2.75) is 232 Å². The Hall–Kier alpha value is -4.45. The average Bonchev–Trinajstić information content (AvgIpc) is 3.35. The Balaban J connectivity index is 4.60. The minimum Gasteiger partial charge on any atom is -0.462 e. The highest BCUT2D eigenvalue weighted by Gasteiger charge is 2.19. The van der Waals surface area contributed by atoms with Crippen molar-refractivity contribution in [3.8, 4) is 0 Å². The Bertz CT molecular complexity index is 1510. The van der Waals surface area contributed by atoms with E-state index >= 15 is 0 Å². The van der Waals surface area contributed by atoms with E-state index in [1.807, 2.05) is 12.2 Å². The second-order valence-corrected chi connectivity index (χ2v) is 17.7. The molecule has 69 heavy (non-hydrogen) atoms. The van der Waals surface area contributed by atoms with Crippen LogP contribution in [0.2, 0.25) is 0 Å². The number of allylic oxidation sites excluding steroid dienone is 22. The van der Waals surface area contributed by atoms with Gasteiger partial charge in [-0.25, -0.2) is 0 Å². The van der Waals surface area contributed by atoms with Gasteiger partial charge in [0.25, 0.3) is 0 Å². The maximum atomic E-state index is 12.8. The van der Waals surface area contributed by atoms with E-state index in [1.54, 1.807) is 0 Å². The second kappa shape index (κ2) is 56.1. The molecule has 0 spiro atoms. The van der Waals surface area contributed by atoms with E-state index in [-0.39, 0.29) is 44.0 Å². The van der Waals surface area contributed by atoms with Crippen molar-refractivity contribution in [1.82, 2.24) is 0 Å². The summed E-state index contributed by atoms with van der Waals surface area (Å²) in [7, 11) is 0. The zero-order valence-electron chi connectivity index (χ0n) is 44.3. The topological polar surface area (TPSA) is 78.9 Å². The van der Waals surface area contributed by atoms with E-state index < -0.39 is 6.10 Å². The third-order valence-corrected chi connectivity index (χ3v) is 11.2. The van der Waals surface area contributed by atoms with E-state index in [0.29, 0.717) is 19.3 Å². The fourth-order valence-electron chi connectivity index (χ4n) is 7.09. The van der Waals surface area contributed by atoms with Gasteiger partial charge in [-0.05, 0) is 96.3 Å². The molecule has 6 heteroatoms. The van der Waals surface area contributed by atoms with E-state index in [9.17, 15) is 14.4 Å². The van der Waals surface area contributed by atoms with Crippen molar-refractivity contribution >= 4 is 17.9 Å². The lowest BCUT2D eigenvalue weighted by atomic mass is 10.0. The molecular formula is C63H100O6. The van der Waals surface area contributed by atoms with E-state index in [2.05, 4.69) is 142 Å². The fourth-order valence-corrected chi connectivity index (χ4v) is 7.09. The molecule has 0 bridgehead atoms. The normalized spacial score (nSPS) is 13.1. The molecule has 0 radical (unpaired) electrons. The molecule has 1 atom stereocenters. The predicted octanol–water partition coefficient (Wildman–Crippen LogP) is 18.6. The largest absolute Gasteiger partial charge is 0.462 e. The molecule has 0 aromatic heterocycles. The molecule has 0 aromatic rings. The molecule has 0 fully saturated rings. The molecule has 0 amide bonds. The Morgan fingerprint density at radius 2 is 0.594 bits per heavy atom. The number of ether oxygens (including phenoxy) is 3. The fraction of sp³-hybridized carbons (Fsp3) is 0.603. The number of hydrogen-bond donors (Lipinski definition) is 0. The summed E-state index contributed by atoms with van der Waals surface area (Å²) in [5.74, 6) is -1.08. The summed E-state index contributed by atoms with van der Waals surface area (Å²) < 4.78 is 16.7. The summed E-state index contributed by atoms with van der Waals surface area (Å²) in [5.41, 5.74) is 0. The van der Waals surface area contributed by atoms with Crippen molar-refractivity contribution in [2.75, 3.05) is 13.2 Å². The molecule has 0 rings (SSSR count). The molecule has 0 saturated heterocycles. The number of carbonyl (C=O) groups excluding carboxylic acids is 3. The van der Waals surface area contributed by atoms with Gasteiger partial charge in [0, 0.05) is 19.3 Å². The predicted molar refractivity (Wildman–Crippen MR) is 297 cm³/mol. The average molecular weight is 953 g/mol. The molecule has 6 nitrogen and oxygen atoms in total. The first-order valence-electron chi connectivity index (χ1n) is 27.7. The third-order valence-electron chi connectivity index (χ3n) is 11.2. The molecule has 0 unspecified atom stereocenters. The molecule has 0 aliphatic carbocycles. The van der Waals surface area contributed by atoms with Gasteiger partial charge in [-0.1, -0.05) is 244 Å². The van der Waals surface area contributed by atoms with Gasteiger partial charge >= 0.3 is 17.9 Å². The van der Waals surface area contributed by atoms with Crippen LogP contribution in [0.5, 0.6) is 0 Å². The molecule has 0 saturated carbocycles. The van der Waals surface area contributed by atoms with E-state index in [1.165, 1.54) is 77.0 Å². The quantitative estimate of drug-likeness (QED) is 0.0262. The number of carbonyl (C=O) groups is 3. The summed E-state index contributed by atoms with van der Waals surface area (Å²) in [5, 5.41) is 0. The van der Waals surface area contributed by atoms with Crippen LogP contribution in [0, 0.1) is 0 Å². The minimum atomic E-state index is -0.842. The molecule has 0 N–H and O–H groups in total. The molecule has 0 aromatic carbocycles. The van der Waals surface area contributed by atoms with Crippen LogP contribution in [0.1, 0.15) is 226 Å². The van der Waals surface area contributed by atoms with Crippen LogP contribution >= 0.6 is 0 Å². The van der Waals surface area contributed by atoms with Gasteiger partial charge in [0.1, 0.15) is 13.2 Å². The zero-order chi connectivity index (χ0) is 50.0. The maximum absolute atomic E-state index is 12.8. The Labute approximate surface area is 424 Å². The van der Waals surface area contributed by atoms with Crippen LogP contribution in [-0.2, 0) is 28.6 Å². The van der Waals surface area contributed by atoms with Gasteiger partial charge in [0.15, 0.2) is 6.10 Å².